The molecule has 0 fully saturated rings. The summed E-state index contributed by atoms with van der Waals surface area (Å²) in [6, 6.07) is 6.14. The van der Waals surface area contributed by atoms with Crippen LogP contribution in [0.4, 0.5) is 0 Å². The molecule has 0 saturated heterocycles. The third kappa shape index (κ3) is 3.15. The number of aliphatic hydroxyl groups is 1. The average Bonchev–Trinajstić information content (AvgIpc) is 2.72. The molecule has 0 spiro atoms. The van der Waals surface area contributed by atoms with Crippen LogP contribution < -0.4 is 11.1 Å². The van der Waals surface area contributed by atoms with E-state index in [0.29, 0.717) is 6.42 Å². The van der Waals surface area contributed by atoms with Gasteiger partial charge in [-0.15, -0.1) is 0 Å². The number of nitrogens with one attached hydrogen (secondary N) is 1. The molecular formula is C14H18N2O4. The molecule has 1 aliphatic carbocycles. The highest BCUT2D eigenvalue weighted by atomic mass is 16.4. The van der Waals surface area contributed by atoms with E-state index in [9.17, 15) is 14.7 Å². The fourth-order valence-corrected chi connectivity index (χ4v) is 2.42. The van der Waals surface area contributed by atoms with E-state index >= 15 is 0 Å². The highest BCUT2D eigenvalue weighted by Crippen LogP contribution is 2.31. The lowest BCUT2D eigenvalue weighted by Gasteiger charge is -2.20. The first kappa shape index (κ1) is 14.5. The summed E-state index contributed by atoms with van der Waals surface area (Å²) in [5.74, 6) is -1.42. The molecular weight excluding hydrogens is 260 g/mol. The van der Waals surface area contributed by atoms with E-state index in [0.717, 1.165) is 11.1 Å². The Hall–Kier alpha value is -1.92. The van der Waals surface area contributed by atoms with Gasteiger partial charge >= 0.3 is 5.97 Å². The maximum absolute atomic E-state index is 11.9. The molecule has 0 aliphatic heterocycles. The molecule has 0 radical (unpaired) electrons. The van der Waals surface area contributed by atoms with Crippen molar-refractivity contribution in [3.05, 3.63) is 35.4 Å². The smallest absolute Gasteiger partial charge is 0.303 e. The van der Waals surface area contributed by atoms with Gasteiger partial charge in [0.15, 0.2) is 0 Å². The normalized spacial score (nSPS) is 22.1. The lowest BCUT2D eigenvalue weighted by atomic mass is 10.1. The predicted octanol–water partition coefficient (Wildman–Crippen LogP) is -0.0470. The molecule has 0 heterocycles. The number of aliphatic carboxylic acids is 1. The van der Waals surface area contributed by atoms with Gasteiger partial charge in [-0.3, -0.25) is 9.59 Å². The zero-order valence-corrected chi connectivity index (χ0v) is 11.0. The number of carbonyl (C=O) groups is 2. The lowest BCUT2D eigenvalue weighted by Crippen LogP contribution is -2.44. The van der Waals surface area contributed by atoms with E-state index in [4.69, 9.17) is 10.8 Å². The van der Waals surface area contributed by atoms with Crippen molar-refractivity contribution >= 4 is 11.9 Å². The van der Waals surface area contributed by atoms with Crippen LogP contribution in [-0.4, -0.2) is 34.2 Å². The monoisotopic (exact) mass is 278 g/mol. The number of hydrogen-bond donors (Lipinski definition) is 4. The van der Waals surface area contributed by atoms with Crippen LogP contribution in [0.25, 0.3) is 0 Å². The predicted molar refractivity (Wildman–Crippen MR) is 71.9 cm³/mol. The Morgan fingerprint density at radius 2 is 2.10 bits per heavy atom. The van der Waals surface area contributed by atoms with E-state index in [1.807, 2.05) is 24.3 Å². The van der Waals surface area contributed by atoms with Crippen LogP contribution in [0, 0.1) is 0 Å². The minimum absolute atomic E-state index is 0.0750. The van der Waals surface area contributed by atoms with E-state index in [2.05, 4.69) is 5.32 Å². The third-order valence-corrected chi connectivity index (χ3v) is 3.51. The van der Waals surface area contributed by atoms with Crippen LogP contribution in [0.3, 0.4) is 0 Å². The molecule has 0 aromatic heterocycles. The SMILES string of the molecule is NC(CCC(=O)O)C(=O)N[C@H]1c2ccccc2C[C@H]1O. The van der Waals surface area contributed by atoms with Crippen LogP contribution in [0.5, 0.6) is 0 Å². The molecule has 6 heteroatoms. The van der Waals surface area contributed by atoms with E-state index in [1.54, 1.807) is 0 Å². The van der Waals surface area contributed by atoms with Crippen molar-refractivity contribution in [1.82, 2.24) is 5.32 Å². The maximum atomic E-state index is 11.9. The first-order chi connectivity index (χ1) is 9.49. The van der Waals surface area contributed by atoms with Crippen molar-refractivity contribution < 1.29 is 19.8 Å². The topological polar surface area (TPSA) is 113 Å². The fourth-order valence-electron chi connectivity index (χ4n) is 2.42. The van der Waals surface area contributed by atoms with Gasteiger partial charge in [-0.05, 0) is 17.5 Å². The van der Waals surface area contributed by atoms with Crippen molar-refractivity contribution in [2.45, 2.75) is 37.5 Å². The Morgan fingerprint density at radius 1 is 1.40 bits per heavy atom. The second-order valence-electron chi connectivity index (χ2n) is 5.00. The Bertz CT molecular complexity index is 518. The Balaban J connectivity index is 1.99. The Morgan fingerprint density at radius 3 is 2.80 bits per heavy atom. The van der Waals surface area contributed by atoms with Gasteiger partial charge in [0.05, 0.1) is 18.2 Å². The summed E-state index contributed by atoms with van der Waals surface area (Å²) in [6.07, 6.45) is -0.266. The Labute approximate surface area is 116 Å². The summed E-state index contributed by atoms with van der Waals surface area (Å²) in [7, 11) is 0. The van der Waals surface area contributed by atoms with E-state index in [1.165, 1.54) is 0 Å². The molecule has 20 heavy (non-hydrogen) atoms. The highest BCUT2D eigenvalue weighted by molar-refractivity contribution is 5.82. The number of aliphatic hydroxyl groups excluding tert-OH is 1. The van der Waals surface area contributed by atoms with Crippen molar-refractivity contribution in [1.29, 1.82) is 0 Å². The Kier molecular flexibility index (Phi) is 4.36. The summed E-state index contributed by atoms with van der Waals surface area (Å²) in [5, 5.41) is 21.3. The van der Waals surface area contributed by atoms with Gasteiger partial charge in [-0.25, -0.2) is 0 Å². The number of rotatable bonds is 5. The zero-order valence-electron chi connectivity index (χ0n) is 11.0. The minimum atomic E-state index is -0.987. The van der Waals surface area contributed by atoms with Gasteiger partial charge in [0, 0.05) is 12.8 Å². The van der Waals surface area contributed by atoms with E-state index in [-0.39, 0.29) is 12.8 Å². The van der Waals surface area contributed by atoms with Gasteiger partial charge in [0.1, 0.15) is 0 Å². The molecule has 0 bridgehead atoms. The second kappa shape index (κ2) is 6.02. The number of carboxylic acid groups (broad SMARTS) is 1. The molecule has 5 N–H and O–H groups in total. The number of carboxylic acids is 1. The molecule has 6 nitrogen and oxygen atoms in total. The lowest BCUT2D eigenvalue weighted by molar-refractivity contribution is -0.137. The fraction of sp³-hybridized carbons (Fsp3) is 0.429. The molecule has 1 unspecified atom stereocenters. The zero-order chi connectivity index (χ0) is 14.7. The summed E-state index contributed by atoms with van der Waals surface area (Å²) in [6.45, 7) is 0. The second-order valence-corrected chi connectivity index (χ2v) is 5.00. The number of nitrogens with two attached hydrogens (primary N) is 1. The van der Waals surface area contributed by atoms with Crippen LogP contribution in [0.15, 0.2) is 24.3 Å². The van der Waals surface area contributed by atoms with Crippen molar-refractivity contribution in [3.63, 3.8) is 0 Å². The molecule has 1 aliphatic rings. The summed E-state index contributed by atoms with van der Waals surface area (Å²) >= 11 is 0. The van der Waals surface area contributed by atoms with Gasteiger partial charge < -0.3 is 21.3 Å². The molecule has 1 aromatic carbocycles. The quantitative estimate of drug-likeness (QED) is 0.603. The third-order valence-electron chi connectivity index (χ3n) is 3.51. The van der Waals surface area contributed by atoms with Crippen LogP contribution in [0.2, 0.25) is 0 Å². The largest absolute Gasteiger partial charge is 0.481 e. The van der Waals surface area contributed by atoms with Gasteiger partial charge in [-0.1, -0.05) is 24.3 Å². The number of carbonyl (C=O) groups excluding carboxylic acids is 1. The van der Waals surface area contributed by atoms with Crippen molar-refractivity contribution in [3.8, 4) is 0 Å². The first-order valence-corrected chi connectivity index (χ1v) is 6.52. The molecule has 2 rings (SSSR count). The van der Waals surface area contributed by atoms with Crippen molar-refractivity contribution in [2.75, 3.05) is 0 Å². The first-order valence-electron chi connectivity index (χ1n) is 6.52. The number of amides is 1. The van der Waals surface area contributed by atoms with Crippen LogP contribution >= 0.6 is 0 Å². The molecule has 1 aromatic rings. The highest BCUT2D eigenvalue weighted by Gasteiger charge is 2.32. The molecule has 108 valence electrons. The molecule has 0 saturated carbocycles. The number of hydrogen-bond acceptors (Lipinski definition) is 4. The number of benzene rings is 1. The van der Waals surface area contributed by atoms with Crippen LogP contribution in [-0.2, 0) is 16.0 Å². The standard InChI is InChI=1S/C14H18N2O4/c15-10(5-6-12(18)19)14(20)16-13-9-4-2-1-3-8(9)7-11(13)17/h1-4,10-11,13,17H,5-7,15H2,(H,16,20)(H,18,19)/t10?,11-,13+/m1/s1. The van der Waals surface area contributed by atoms with Gasteiger partial charge in [0.25, 0.3) is 0 Å². The van der Waals surface area contributed by atoms with Crippen LogP contribution in [0.1, 0.15) is 30.0 Å². The molecule has 1 amide bonds. The summed E-state index contributed by atoms with van der Waals surface area (Å²) in [4.78, 5) is 22.4. The number of fused-ring (bicyclic) bond motifs is 1. The van der Waals surface area contributed by atoms with Gasteiger partial charge in [0.2, 0.25) is 5.91 Å². The molecule has 3 atom stereocenters. The van der Waals surface area contributed by atoms with Gasteiger partial charge in [-0.2, -0.15) is 0 Å². The minimum Gasteiger partial charge on any atom is -0.481 e. The van der Waals surface area contributed by atoms with E-state index < -0.39 is 30.1 Å². The summed E-state index contributed by atoms with van der Waals surface area (Å²) in [5.41, 5.74) is 7.54. The average molecular weight is 278 g/mol. The van der Waals surface area contributed by atoms with Crippen molar-refractivity contribution in [2.24, 2.45) is 5.73 Å². The summed E-state index contributed by atoms with van der Waals surface area (Å²) < 4.78 is 0. The maximum Gasteiger partial charge on any atom is 0.303 e.